The fourth-order valence-corrected chi connectivity index (χ4v) is 2.72. The molecule has 0 atom stereocenters. The first-order valence-electron chi connectivity index (χ1n) is 8.25. The molecule has 0 heterocycles. The Morgan fingerprint density at radius 1 is 1.29 bits per heavy atom. The second kappa shape index (κ2) is 9.52. The fraction of sp³-hybridized carbons (Fsp3) is 0.556. The lowest BCUT2D eigenvalue weighted by molar-refractivity contribution is -0.125. The summed E-state index contributed by atoms with van der Waals surface area (Å²) in [5.74, 6) is 0.463. The standard InChI is InChI=1S/C18H27ClN2O3/c1-6-14(7-2)18(23)20-8-9-21(13(4)22)16-10-12(3)15(19)11-17(16)24-5/h10-11,14H,6-9H2,1-5H3,(H,20,23). The van der Waals surface area contributed by atoms with Gasteiger partial charge < -0.3 is 15.0 Å². The first-order valence-corrected chi connectivity index (χ1v) is 8.63. The number of hydrogen-bond donors (Lipinski definition) is 1. The Morgan fingerprint density at radius 3 is 2.42 bits per heavy atom. The van der Waals surface area contributed by atoms with Gasteiger partial charge in [-0.15, -0.1) is 0 Å². The molecular formula is C18H27ClN2O3. The van der Waals surface area contributed by atoms with Gasteiger partial charge in [-0.25, -0.2) is 0 Å². The monoisotopic (exact) mass is 354 g/mol. The van der Waals surface area contributed by atoms with E-state index >= 15 is 0 Å². The van der Waals surface area contributed by atoms with Crippen LogP contribution in [0.5, 0.6) is 5.75 Å². The van der Waals surface area contributed by atoms with Crippen LogP contribution < -0.4 is 15.0 Å². The van der Waals surface area contributed by atoms with E-state index in [2.05, 4.69) is 5.32 Å². The molecule has 1 N–H and O–H groups in total. The van der Waals surface area contributed by atoms with Gasteiger partial charge in [0.1, 0.15) is 5.75 Å². The van der Waals surface area contributed by atoms with E-state index in [-0.39, 0.29) is 17.7 Å². The Kier molecular flexibility index (Phi) is 8.05. The van der Waals surface area contributed by atoms with E-state index in [1.54, 1.807) is 11.0 Å². The summed E-state index contributed by atoms with van der Waals surface area (Å²) in [7, 11) is 1.54. The Labute approximate surface area is 149 Å². The number of ether oxygens (including phenoxy) is 1. The summed E-state index contributed by atoms with van der Waals surface area (Å²) in [6, 6.07) is 3.52. The number of nitrogens with one attached hydrogen (secondary N) is 1. The molecule has 134 valence electrons. The minimum atomic E-state index is -0.119. The summed E-state index contributed by atoms with van der Waals surface area (Å²) >= 11 is 6.12. The first-order chi connectivity index (χ1) is 11.3. The average Bonchev–Trinajstić information content (AvgIpc) is 2.54. The number of anilines is 1. The van der Waals surface area contributed by atoms with E-state index in [0.29, 0.717) is 29.5 Å². The van der Waals surface area contributed by atoms with E-state index in [4.69, 9.17) is 16.3 Å². The maximum Gasteiger partial charge on any atom is 0.224 e. The number of nitrogens with zero attached hydrogens (tertiary/aromatic N) is 1. The minimum Gasteiger partial charge on any atom is -0.495 e. The number of rotatable bonds is 8. The van der Waals surface area contributed by atoms with Crippen molar-refractivity contribution in [2.45, 2.75) is 40.5 Å². The van der Waals surface area contributed by atoms with Gasteiger partial charge in [-0.1, -0.05) is 25.4 Å². The lowest BCUT2D eigenvalue weighted by Gasteiger charge is -2.24. The zero-order valence-electron chi connectivity index (χ0n) is 15.1. The van der Waals surface area contributed by atoms with Gasteiger partial charge in [0.05, 0.1) is 12.8 Å². The number of carbonyl (C=O) groups is 2. The molecule has 0 saturated heterocycles. The summed E-state index contributed by atoms with van der Waals surface area (Å²) in [5.41, 5.74) is 1.52. The van der Waals surface area contributed by atoms with Crippen LogP contribution in [0.4, 0.5) is 5.69 Å². The van der Waals surface area contributed by atoms with Crippen LogP contribution in [0.3, 0.4) is 0 Å². The molecule has 0 aromatic heterocycles. The third-order valence-corrected chi connectivity index (χ3v) is 4.53. The van der Waals surface area contributed by atoms with Crippen LogP contribution in [0.25, 0.3) is 0 Å². The van der Waals surface area contributed by atoms with Crippen molar-refractivity contribution in [3.05, 3.63) is 22.7 Å². The number of hydrogen-bond acceptors (Lipinski definition) is 3. The summed E-state index contributed by atoms with van der Waals surface area (Å²) < 4.78 is 5.35. The zero-order chi connectivity index (χ0) is 18.3. The first kappa shape index (κ1) is 20.3. The molecule has 1 aromatic rings. The maximum absolute atomic E-state index is 12.1. The van der Waals surface area contributed by atoms with E-state index < -0.39 is 0 Å². The lowest BCUT2D eigenvalue weighted by atomic mass is 10.0. The number of carbonyl (C=O) groups excluding carboxylic acids is 2. The second-order valence-corrected chi connectivity index (χ2v) is 6.16. The molecule has 0 unspecified atom stereocenters. The van der Waals surface area contributed by atoms with Crippen LogP contribution in [-0.2, 0) is 9.59 Å². The molecule has 0 bridgehead atoms. The van der Waals surface area contributed by atoms with Crippen LogP contribution >= 0.6 is 11.6 Å². The van der Waals surface area contributed by atoms with Crippen molar-refractivity contribution in [3.8, 4) is 5.75 Å². The molecule has 2 amide bonds. The van der Waals surface area contributed by atoms with Crippen molar-refractivity contribution in [2.75, 3.05) is 25.1 Å². The van der Waals surface area contributed by atoms with Crippen LogP contribution in [-0.4, -0.2) is 32.0 Å². The summed E-state index contributed by atoms with van der Waals surface area (Å²) in [6.45, 7) is 8.12. The minimum absolute atomic E-state index is 0.0168. The van der Waals surface area contributed by atoms with E-state index in [1.807, 2.05) is 26.8 Å². The summed E-state index contributed by atoms with van der Waals surface area (Å²) in [6.07, 6.45) is 1.62. The van der Waals surface area contributed by atoms with Crippen LogP contribution in [0.2, 0.25) is 5.02 Å². The van der Waals surface area contributed by atoms with Crippen molar-refractivity contribution in [3.63, 3.8) is 0 Å². The summed E-state index contributed by atoms with van der Waals surface area (Å²) in [5, 5.41) is 3.49. The molecule has 5 nitrogen and oxygen atoms in total. The smallest absolute Gasteiger partial charge is 0.224 e. The van der Waals surface area contributed by atoms with Crippen molar-refractivity contribution < 1.29 is 14.3 Å². The third-order valence-electron chi connectivity index (χ3n) is 4.12. The number of aryl methyl sites for hydroxylation is 1. The van der Waals surface area contributed by atoms with Crippen LogP contribution in [0, 0.1) is 12.8 Å². The van der Waals surface area contributed by atoms with Crippen molar-refractivity contribution >= 4 is 29.1 Å². The van der Waals surface area contributed by atoms with E-state index in [9.17, 15) is 9.59 Å². The van der Waals surface area contributed by atoms with Gasteiger partial charge in [0, 0.05) is 37.0 Å². The predicted molar refractivity (Wildman–Crippen MR) is 97.8 cm³/mol. The molecule has 0 spiro atoms. The van der Waals surface area contributed by atoms with Gasteiger partial charge in [-0.2, -0.15) is 0 Å². The molecule has 0 aliphatic rings. The predicted octanol–water partition coefficient (Wildman–Crippen LogP) is 3.56. The van der Waals surface area contributed by atoms with Crippen molar-refractivity contribution in [1.82, 2.24) is 5.32 Å². The fourth-order valence-electron chi connectivity index (χ4n) is 2.56. The highest BCUT2D eigenvalue weighted by molar-refractivity contribution is 6.31. The van der Waals surface area contributed by atoms with Crippen molar-refractivity contribution in [2.24, 2.45) is 5.92 Å². The number of halogens is 1. The van der Waals surface area contributed by atoms with E-state index in [1.165, 1.54) is 14.0 Å². The SMILES string of the molecule is CCC(CC)C(=O)NCCN(C(C)=O)c1cc(C)c(Cl)cc1OC. The van der Waals surface area contributed by atoms with Gasteiger partial charge in [0.15, 0.2) is 0 Å². The number of amides is 2. The normalized spacial score (nSPS) is 10.6. The van der Waals surface area contributed by atoms with Crippen molar-refractivity contribution in [1.29, 1.82) is 0 Å². The quantitative estimate of drug-likeness (QED) is 0.776. The second-order valence-electron chi connectivity index (χ2n) is 5.75. The Bertz CT molecular complexity index is 586. The summed E-state index contributed by atoms with van der Waals surface area (Å²) in [4.78, 5) is 25.7. The molecule has 6 heteroatoms. The van der Waals surface area contributed by atoms with Gasteiger partial charge >= 0.3 is 0 Å². The highest BCUT2D eigenvalue weighted by Gasteiger charge is 2.19. The molecule has 0 aliphatic carbocycles. The number of methoxy groups -OCH3 is 1. The highest BCUT2D eigenvalue weighted by Crippen LogP contribution is 2.33. The topological polar surface area (TPSA) is 58.6 Å². The highest BCUT2D eigenvalue weighted by atomic mass is 35.5. The molecular weight excluding hydrogens is 328 g/mol. The Balaban J connectivity index is 2.88. The lowest BCUT2D eigenvalue weighted by Crippen LogP contribution is -2.39. The molecule has 0 aliphatic heterocycles. The molecule has 0 radical (unpaired) electrons. The largest absolute Gasteiger partial charge is 0.495 e. The number of benzene rings is 1. The Hall–Kier alpha value is -1.75. The van der Waals surface area contributed by atoms with E-state index in [0.717, 1.165) is 18.4 Å². The zero-order valence-corrected chi connectivity index (χ0v) is 15.9. The molecule has 1 aromatic carbocycles. The Morgan fingerprint density at radius 2 is 1.92 bits per heavy atom. The van der Waals surface area contributed by atoms with Gasteiger partial charge in [0.25, 0.3) is 0 Å². The van der Waals surface area contributed by atoms with Gasteiger partial charge in [0.2, 0.25) is 11.8 Å². The third kappa shape index (κ3) is 5.13. The van der Waals surface area contributed by atoms with Gasteiger partial charge in [-0.05, 0) is 31.4 Å². The van der Waals surface area contributed by atoms with Crippen LogP contribution in [0.1, 0.15) is 39.2 Å². The molecule has 0 saturated carbocycles. The maximum atomic E-state index is 12.1. The van der Waals surface area contributed by atoms with Gasteiger partial charge in [-0.3, -0.25) is 9.59 Å². The molecule has 0 fully saturated rings. The molecule has 1 rings (SSSR count). The molecule has 24 heavy (non-hydrogen) atoms. The van der Waals surface area contributed by atoms with Crippen LogP contribution in [0.15, 0.2) is 12.1 Å². The average molecular weight is 355 g/mol.